The number of piperazine rings is 1. The Morgan fingerprint density at radius 3 is 2.34 bits per heavy atom. The molecule has 1 aliphatic heterocycles. The highest BCUT2D eigenvalue weighted by molar-refractivity contribution is 5.61. The molecule has 0 radical (unpaired) electrons. The molecule has 6 heteroatoms. The molecule has 2 aromatic carbocycles. The van der Waals surface area contributed by atoms with E-state index in [0.717, 1.165) is 37.7 Å². The number of anilines is 4. The van der Waals surface area contributed by atoms with Crippen LogP contribution < -0.4 is 15.5 Å². The number of nitrogens with one attached hydrogen (secondary N) is 2. The molecular weight excluding hydrogens is 360 g/mol. The van der Waals surface area contributed by atoms with E-state index in [1.165, 1.54) is 11.3 Å². The predicted molar refractivity (Wildman–Crippen MR) is 120 cm³/mol. The van der Waals surface area contributed by atoms with Crippen LogP contribution >= 0.6 is 0 Å². The maximum Gasteiger partial charge on any atom is 0.225 e. The van der Waals surface area contributed by atoms with Gasteiger partial charge in [0.1, 0.15) is 5.82 Å². The highest BCUT2D eigenvalue weighted by Gasteiger charge is 2.14. The van der Waals surface area contributed by atoms with Crippen molar-refractivity contribution >= 4 is 23.1 Å². The molecule has 0 aliphatic carbocycles. The normalized spacial score (nSPS) is 15.7. The second-order valence-corrected chi connectivity index (χ2v) is 7.50. The minimum absolute atomic E-state index is 0.134. The molecule has 1 saturated heterocycles. The zero-order valence-corrected chi connectivity index (χ0v) is 17.0. The molecule has 2 N–H and O–H groups in total. The molecule has 0 spiro atoms. The number of likely N-dealkylation sites (N-methyl/N-ethyl adjacent to an activating group) is 1. The van der Waals surface area contributed by atoms with Gasteiger partial charge in [0, 0.05) is 43.8 Å². The monoisotopic (exact) mass is 388 g/mol. The SMILES string of the molecule is CC(Nc1nccc(Nc2ccc(N3CCN(C)CC3)cc2)n1)c1ccccc1. The van der Waals surface area contributed by atoms with Crippen molar-refractivity contribution in [2.24, 2.45) is 0 Å². The number of nitrogens with zero attached hydrogens (tertiary/aromatic N) is 4. The molecule has 0 bridgehead atoms. The maximum atomic E-state index is 4.60. The van der Waals surface area contributed by atoms with Gasteiger partial charge in [-0.05, 0) is 49.9 Å². The number of hydrogen-bond acceptors (Lipinski definition) is 6. The van der Waals surface area contributed by atoms with Crippen molar-refractivity contribution in [3.05, 3.63) is 72.4 Å². The topological polar surface area (TPSA) is 56.3 Å². The summed E-state index contributed by atoms with van der Waals surface area (Å²) in [6.45, 7) is 6.47. The molecule has 1 unspecified atom stereocenters. The minimum atomic E-state index is 0.134. The van der Waals surface area contributed by atoms with Crippen LogP contribution in [0, 0.1) is 0 Å². The summed E-state index contributed by atoms with van der Waals surface area (Å²) in [5, 5.41) is 6.74. The van der Waals surface area contributed by atoms with Crippen molar-refractivity contribution < 1.29 is 0 Å². The molecule has 1 atom stereocenters. The molecule has 150 valence electrons. The Balaban J connectivity index is 1.39. The Kier molecular flexibility index (Phi) is 5.91. The third-order valence-electron chi connectivity index (χ3n) is 5.31. The summed E-state index contributed by atoms with van der Waals surface area (Å²) in [5.74, 6) is 1.38. The van der Waals surface area contributed by atoms with Crippen molar-refractivity contribution in [2.75, 3.05) is 48.8 Å². The summed E-state index contributed by atoms with van der Waals surface area (Å²) < 4.78 is 0. The van der Waals surface area contributed by atoms with Gasteiger partial charge in [-0.15, -0.1) is 0 Å². The van der Waals surface area contributed by atoms with Gasteiger partial charge in [-0.3, -0.25) is 0 Å². The van der Waals surface area contributed by atoms with Gasteiger partial charge >= 0.3 is 0 Å². The molecule has 6 nitrogen and oxygen atoms in total. The molecule has 2 heterocycles. The van der Waals surface area contributed by atoms with E-state index in [2.05, 4.69) is 80.8 Å². The van der Waals surface area contributed by atoms with E-state index >= 15 is 0 Å². The van der Waals surface area contributed by atoms with Crippen LogP contribution in [-0.2, 0) is 0 Å². The zero-order chi connectivity index (χ0) is 20.1. The molecule has 4 rings (SSSR count). The minimum Gasteiger partial charge on any atom is -0.369 e. The standard InChI is InChI=1S/C23H28N6/c1-18(19-6-4-3-5-7-19)25-23-24-13-12-22(27-23)26-20-8-10-21(11-9-20)29-16-14-28(2)15-17-29/h3-13,18H,14-17H2,1-2H3,(H2,24,25,26,27). The van der Waals surface area contributed by atoms with Gasteiger partial charge in [0.2, 0.25) is 5.95 Å². The molecule has 1 aliphatic rings. The van der Waals surface area contributed by atoms with Crippen LogP contribution in [0.3, 0.4) is 0 Å². The smallest absolute Gasteiger partial charge is 0.225 e. The Labute approximate surface area is 172 Å². The van der Waals surface area contributed by atoms with Crippen LogP contribution in [0.25, 0.3) is 0 Å². The van der Waals surface area contributed by atoms with E-state index in [0.29, 0.717) is 5.95 Å². The first-order chi connectivity index (χ1) is 14.2. The summed E-state index contributed by atoms with van der Waals surface area (Å²) >= 11 is 0. The van der Waals surface area contributed by atoms with Gasteiger partial charge in [-0.2, -0.15) is 4.98 Å². The fourth-order valence-electron chi connectivity index (χ4n) is 3.48. The Morgan fingerprint density at radius 2 is 1.62 bits per heavy atom. The Hall–Kier alpha value is -3.12. The maximum absolute atomic E-state index is 4.60. The van der Waals surface area contributed by atoms with Crippen LogP contribution in [-0.4, -0.2) is 48.1 Å². The van der Waals surface area contributed by atoms with Gasteiger partial charge in [0.05, 0.1) is 6.04 Å². The molecule has 0 amide bonds. The molecule has 1 aromatic heterocycles. The highest BCUT2D eigenvalue weighted by atomic mass is 15.2. The molecule has 1 fully saturated rings. The fraction of sp³-hybridized carbons (Fsp3) is 0.304. The van der Waals surface area contributed by atoms with E-state index in [1.54, 1.807) is 6.20 Å². The van der Waals surface area contributed by atoms with Gasteiger partial charge in [-0.25, -0.2) is 4.98 Å². The van der Waals surface area contributed by atoms with Crippen LogP contribution in [0.4, 0.5) is 23.1 Å². The molecule has 0 saturated carbocycles. The lowest BCUT2D eigenvalue weighted by atomic mass is 10.1. The van der Waals surface area contributed by atoms with E-state index in [4.69, 9.17) is 0 Å². The summed E-state index contributed by atoms with van der Waals surface area (Å²) in [7, 11) is 2.18. The number of benzene rings is 2. The van der Waals surface area contributed by atoms with Gasteiger partial charge in [0.15, 0.2) is 0 Å². The summed E-state index contributed by atoms with van der Waals surface area (Å²) in [6, 6.07) is 20.9. The molecule has 3 aromatic rings. The van der Waals surface area contributed by atoms with Crippen LogP contribution in [0.5, 0.6) is 0 Å². The molecular formula is C23H28N6. The van der Waals surface area contributed by atoms with Gasteiger partial charge < -0.3 is 20.4 Å². The van der Waals surface area contributed by atoms with Crippen molar-refractivity contribution in [1.29, 1.82) is 0 Å². The largest absolute Gasteiger partial charge is 0.369 e. The second kappa shape index (κ2) is 8.92. The average molecular weight is 389 g/mol. The number of rotatable bonds is 6. The first-order valence-electron chi connectivity index (χ1n) is 10.1. The van der Waals surface area contributed by atoms with Crippen molar-refractivity contribution in [3.63, 3.8) is 0 Å². The Bertz CT molecular complexity index is 904. The Morgan fingerprint density at radius 1 is 0.897 bits per heavy atom. The zero-order valence-electron chi connectivity index (χ0n) is 17.0. The average Bonchev–Trinajstić information content (AvgIpc) is 2.76. The van der Waals surface area contributed by atoms with Crippen molar-refractivity contribution in [1.82, 2.24) is 14.9 Å². The van der Waals surface area contributed by atoms with Crippen molar-refractivity contribution in [3.8, 4) is 0 Å². The fourth-order valence-corrected chi connectivity index (χ4v) is 3.48. The number of hydrogen-bond donors (Lipinski definition) is 2. The quantitative estimate of drug-likeness (QED) is 0.662. The van der Waals surface area contributed by atoms with E-state index in [-0.39, 0.29) is 6.04 Å². The summed E-state index contributed by atoms with van der Waals surface area (Å²) in [5.41, 5.74) is 3.49. The predicted octanol–water partition coefficient (Wildman–Crippen LogP) is 4.15. The van der Waals surface area contributed by atoms with Gasteiger partial charge in [-0.1, -0.05) is 30.3 Å². The lowest BCUT2D eigenvalue weighted by molar-refractivity contribution is 0.313. The van der Waals surface area contributed by atoms with E-state index in [1.807, 2.05) is 24.3 Å². The van der Waals surface area contributed by atoms with Gasteiger partial charge in [0.25, 0.3) is 0 Å². The highest BCUT2D eigenvalue weighted by Crippen LogP contribution is 2.22. The summed E-state index contributed by atoms with van der Waals surface area (Å²) in [4.78, 5) is 13.8. The molecule has 29 heavy (non-hydrogen) atoms. The first-order valence-corrected chi connectivity index (χ1v) is 10.1. The van der Waals surface area contributed by atoms with E-state index < -0.39 is 0 Å². The first kappa shape index (κ1) is 19.2. The van der Waals surface area contributed by atoms with Crippen LogP contribution in [0.2, 0.25) is 0 Å². The number of aromatic nitrogens is 2. The van der Waals surface area contributed by atoms with E-state index in [9.17, 15) is 0 Å². The third kappa shape index (κ3) is 5.03. The lowest BCUT2D eigenvalue weighted by Gasteiger charge is -2.34. The van der Waals surface area contributed by atoms with Crippen molar-refractivity contribution in [2.45, 2.75) is 13.0 Å². The summed E-state index contributed by atoms with van der Waals surface area (Å²) in [6.07, 6.45) is 1.77. The lowest BCUT2D eigenvalue weighted by Crippen LogP contribution is -2.44. The van der Waals surface area contributed by atoms with Crippen LogP contribution in [0.15, 0.2) is 66.9 Å². The van der Waals surface area contributed by atoms with Crippen LogP contribution in [0.1, 0.15) is 18.5 Å². The third-order valence-corrected chi connectivity index (χ3v) is 5.31. The second-order valence-electron chi connectivity index (χ2n) is 7.50.